The van der Waals surface area contributed by atoms with Crippen LogP contribution < -0.4 is 10.6 Å². The van der Waals surface area contributed by atoms with Crippen LogP contribution in [0.1, 0.15) is 49.2 Å². The van der Waals surface area contributed by atoms with Gasteiger partial charge >= 0.3 is 18.7 Å². The molecule has 2 amide bonds. The summed E-state index contributed by atoms with van der Waals surface area (Å²) in [5, 5.41) is 5.48. The molecular weight excluding hydrogens is 523 g/mol. The monoisotopic (exact) mass is 554 g/mol. The van der Waals surface area contributed by atoms with Crippen molar-refractivity contribution in [1.82, 2.24) is 20.6 Å². The lowest BCUT2D eigenvalue weighted by Crippen LogP contribution is -2.76. The third-order valence-corrected chi connectivity index (χ3v) is 6.70. The lowest BCUT2D eigenvalue weighted by Gasteiger charge is -2.55. The van der Waals surface area contributed by atoms with Gasteiger partial charge in [0.1, 0.15) is 18.2 Å². The number of carbonyl (C=O) groups is 5. The highest BCUT2D eigenvalue weighted by atomic mass is 16.8. The van der Waals surface area contributed by atoms with E-state index < -0.39 is 66.9 Å². The number of carboxylic acids is 1. The van der Waals surface area contributed by atoms with Gasteiger partial charge in [0.05, 0.1) is 19.7 Å². The van der Waals surface area contributed by atoms with E-state index in [-0.39, 0.29) is 24.5 Å². The van der Waals surface area contributed by atoms with Gasteiger partial charge in [-0.15, -0.1) is 0 Å². The fraction of sp³-hybridized carbons (Fsp3) is 0.423. The molecule has 13 nitrogen and oxygen atoms in total. The highest BCUT2D eigenvalue weighted by Gasteiger charge is 2.66. The first kappa shape index (κ1) is 28.7. The molecule has 2 bridgehead atoms. The third kappa shape index (κ3) is 6.28. The van der Waals surface area contributed by atoms with E-state index >= 15 is 0 Å². The number of esters is 1. The Balaban J connectivity index is 1.65. The topological polar surface area (TPSA) is 176 Å². The van der Waals surface area contributed by atoms with Crippen molar-refractivity contribution in [3.05, 3.63) is 60.2 Å². The van der Waals surface area contributed by atoms with Crippen LogP contribution in [0, 0.1) is 5.92 Å². The number of carbonyl (C=O) groups excluding carboxylic acids is 4. The summed E-state index contributed by atoms with van der Waals surface area (Å²) in [7, 11) is 1.12. The zero-order valence-electron chi connectivity index (χ0n) is 22.4. The van der Waals surface area contributed by atoms with Crippen molar-refractivity contribution in [3.63, 3.8) is 0 Å². The number of aliphatic carboxylic acids is 1. The minimum absolute atomic E-state index is 0.00943. The lowest BCUT2D eigenvalue weighted by atomic mass is 9.61. The predicted octanol–water partition coefficient (Wildman–Crippen LogP) is 0.160. The number of aromatic nitrogens is 2. The van der Waals surface area contributed by atoms with Gasteiger partial charge < -0.3 is 29.3 Å². The minimum atomic E-state index is -3.18. The fourth-order valence-electron chi connectivity index (χ4n) is 4.97. The van der Waals surface area contributed by atoms with Crippen molar-refractivity contribution < 1.29 is 42.7 Å². The van der Waals surface area contributed by atoms with Gasteiger partial charge in [-0.2, -0.15) is 0 Å². The van der Waals surface area contributed by atoms with Crippen LogP contribution in [0.15, 0.2) is 48.9 Å². The summed E-state index contributed by atoms with van der Waals surface area (Å²) in [6.07, 6.45) is 3.29. The molecule has 0 spiro atoms. The second-order valence-corrected chi connectivity index (χ2v) is 10.2. The van der Waals surface area contributed by atoms with Crippen LogP contribution >= 0.6 is 0 Å². The number of rotatable bonds is 10. The molecular formula is C26H31BN4O9. The Kier molecular flexibility index (Phi) is 8.47. The minimum Gasteiger partial charge on any atom is -0.717 e. The Morgan fingerprint density at radius 2 is 1.88 bits per heavy atom. The van der Waals surface area contributed by atoms with E-state index in [4.69, 9.17) is 14.0 Å². The van der Waals surface area contributed by atoms with Gasteiger partial charge in [-0.25, -0.2) is 9.78 Å². The molecule has 2 aliphatic rings. The molecule has 40 heavy (non-hydrogen) atoms. The molecule has 2 saturated heterocycles. The molecule has 2 aromatic rings. The number of nitrogens with one attached hydrogen (secondary N) is 2. The molecule has 3 heterocycles. The van der Waals surface area contributed by atoms with Gasteiger partial charge in [-0.1, -0.05) is 50.6 Å². The van der Waals surface area contributed by atoms with E-state index in [1.807, 2.05) is 19.9 Å². The van der Waals surface area contributed by atoms with Crippen LogP contribution in [0.25, 0.3) is 0 Å². The maximum absolute atomic E-state index is 13.8. The summed E-state index contributed by atoms with van der Waals surface area (Å²) in [6, 6.07) is 7.91. The van der Waals surface area contributed by atoms with Crippen LogP contribution in [0.4, 0.5) is 0 Å². The van der Waals surface area contributed by atoms with Crippen molar-refractivity contribution >= 4 is 36.5 Å². The van der Waals surface area contributed by atoms with E-state index in [0.717, 1.165) is 12.7 Å². The second-order valence-electron chi connectivity index (χ2n) is 10.2. The molecule has 3 N–H and O–H groups in total. The molecule has 2 aliphatic heterocycles. The number of methoxy groups -OCH3 is 1. The predicted molar refractivity (Wildman–Crippen MR) is 139 cm³/mol. The average Bonchev–Trinajstić information content (AvgIpc) is 2.91. The lowest BCUT2D eigenvalue weighted by molar-refractivity contribution is -0.209. The van der Waals surface area contributed by atoms with E-state index in [1.165, 1.54) is 18.6 Å². The normalized spacial score (nSPS) is 23.3. The number of amides is 2. The van der Waals surface area contributed by atoms with Crippen LogP contribution in [-0.4, -0.2) is 75.8 Å². The van der Waals surface area contributed by atoms with Crippen LogP contribution in [0.5, 0.6) is 0 Å². The van der Waals surface area contributed by atoms with Crippen molar-refractivity contribution in [1.29, 1.82) is 0 Å². The smallest absolute Gasteiger partial charge is 0.594 e. The van der Waals surface area contributed by atoms with E-state index in [2.05, 4.69) is 25.3 Å². The van der Waals surface area contributed by atoms with Gasteiger partial charge in [0.15, 0.2) is 5.60 Å². The highest BCUT2D eigenvalue weighted by molar-refractivity contribution is 6.66. The Morgan fingerprint density at radius 3 is 2.52 bits per heavy atom. The van der Waals surface area contributed by atoms with Gasteiger partial charge in [-0.05, 0) is 11.5 Å². The van der Waals surface area contributed by atoms with Gasteiger partial charge in [0.2, 0.25) is 5.91 Å². The standard InChI is InChI=1S/C26H31BN4O9/c1-16(2)11-20(27-38-21(32)13-26(40-27,25(36)37-3)14-22(33)39-27)31-23(34)18(12-17-7-5-4-6-8-17)30-24(35)19-15-28-9-10-29-19/h4-10,15-16,18,20,38H,11-14H2,1-3H3,(H,30,35)(H,31,34)/t18-,20-,26+,27?/m0/s1. The van der Waals surface area contributed by atoms with Crippen LogP contribution in [0.2, 0.25) is 0 Å². The van der Waals surface area contributed by atoms with Crippen LogP contribution in [0.3, 0.4) is 0 Å². The quantitative estimate of drug-likeness (QED) is 0.234. The summed E-state index contributed by atoms with van der Waals surface area (Å²) in [6.45, 7) is 0.529. The zero-order valence-corrected chi connectivity index (χ0v) is 22.4. The van der Waals surface area contributed by atoms with Crippen LogP contribution in [-0.2, 0) is 39.6 Å². The molecule has 0 saturated carbocycles. The second kappa shape index (κ2) is 11.8. The molecule has 4 rings (SSSR count). The number of hydrogen-bond donors (Lipinski definition) is 2. The van der Waals surface area contributed by atoms with E-state index in [9.17, 15) is 24.0 Å². The van der Waals surface area contributed by atoms with E-state index in [1.54, 1.807) is 24.3 Å². The largest absolute Gasteiger partial charge is 0.717 e. The van der Waals surface area contributed by atoms with Gasteiger partial charge in [0, 0.05) is 29.6 Å². The number of benzene rings is 1. The third-order valence-electron chi connectivity index (χ3n) is 6.70. The first-order valence-electron chi connectivity index (χ1n) is 12.9. The molecule has 4 atom stereocenters. The summed E-state index contributed by atoms with van der Waals surface area (Å²) in [5.74, 6) is -4.94. The number of fused-ring (bicyclic) bond motifs is 2. The first-order chi connectivity index (χ1) is 19.1. The molecule has 14 heteroatoms. The molecule has 212 valence electrons. The fourth-order valence-corrected chi connectivity index (χ4v) is 4.97. The average molecular weight is 554 g/mol. The molecule has 0 aliphatic carbocycles. The van der Waals surface area contributed by atoms with E-state index in [0.29, 0.717) is 0 Å². The summed E-state index contributed by atoms with van der Waals surface area (Å²) < 4.78 is 20.4. The SMILES string of the molecule is COC(=O)[C@@]12CC(=O)O[B-]([C@H](CC(C)C)NC(=O)[C@H](Cc3ccccc3)NC(=O)c3cnccn3)(O1)[OH+]C(=O)C2. The van der Waals surface area contributed by atoms with Crippen molar-refractivity contribution in [3.8, 4) is 0 Å². The summed E-state index contributed by atoms with van der Waals surface area (Å²) in [5.41, 5.74) is -1.14. The van der Waals surface area contributed by atoms with Gasteiger partial charge in [0.25, 0.3) is 11.9 Å². The summed E-state index contributed by atoms with van der Waals surface area (Å²) in [4.78, 5) is 72.7. The molecule has 1 unspecified atom stereocenters. The highest BCUT2D eigenvalue weighted by Crippen LogP contribution is 2.39. The Labute approximate surface area is 230 Å². The van der Waals surface area contributed by atoms with Gasteiger partial charge in [-0.3, -0.25) is 19.4 Å². The maximum Gasteiger partial charge on any atom is 0.594 e. The molecule has 0 radical (unpaired) electrons. The van der Waals surface area contributed by atoms with Crippen molar-refractivity contribution in [2.24, 2.45) is 5.92 Å². The Hall–Kier alpha value is -4.33. The maximum atomic E-state index is 13.8. The summed E-state index contributed by atoms with van der Waals surface area (Å²) >= 11 is 0. The molecule has 1 aromatic carbocycles. The number of ether oxygens (including phenoxy) is 1. The number of nitrogens with zero attached hydrogens (tertiary/aromatic N) is 2. The first-order valence-corrected chi connectivity index (χ1v) is 12.9. The zero-order chi connectivity index (χ0) is 28.9. The molecule has 2 fully saturated rings. The Morgan fingerprint density at radius 1 is 1.12 bits per heavy atom. The number of hydrogen-bond acceptors (Lipinski definition) is 10. The Bertz CT molecular complexity index is 1260. The van der Waals surface area contributed by atoms with Crippen molar-refractivity contribution in [2.45, 2.75) is 57.1 Å². The van der Waals surface area contributed by atoms with Crippen molar-refractivity contribution in [2.75, 3.05) is 7.11 Å². The molecule has 1 aromatic heterocycles.